The summed E-state index contributed by atoms with van der Waals surface area (Å²) in [6.07, 6.45) is 1.54. The van der Waals surface area contributed by atoms with Gasteiger partial charge in [0.25, 0.3) is 5.91 Å². The van der Waals surface area contributed by atoms with Crippen LogP contribution in [0.1, 0.15) is 18.5 Å². The van der Waals surface area contributed by atoms with Crippen molar-refractivity contribution in [2.24, 2.45) is 0 Å². The maximum absolute atomic E-state index is 13.7. The van der Waals surface area contributed by atoms with Crippen molar-refractivity contribution in [1.29, 1.82) is 0 Å². The number of nitrogens with one attached hydrogen (secondary N) is 2. The molecule has 1 unspecified atom stereocenters. The van der Waals surface area contributed by atoms with E-state index in [2.05, 4.69) is 17.2 Å². The van der Waals surface area contributed by atoms with E-state index in [0.29, 0.717) is 16.9 Å². The minimum Gasteiger partial charge on any atom is -0.326 e. The summed E-state index contributed by atoms with van der Waals surface area (Å²) in [6, 6.07) is 9.79. The predicted molar refractivity (Wildman–Crippen MR) is 102 cm³/mol. The van der Waals surface area contributed by atoms with Gasteiger partial charge < -0.3 is 10.6 Å². The van der Waals surface area contributed by atoms with Gasteiger partial charge in [-0.25, -0.2) is 13.6 Å². The maximum atomic E-state index is 13.7. The summed E-state index contributed by atoms with van der Waals surface area (Å²) in [5, 5.41) is 5.45. The molecule has 3 amide bonds. The molecule has 1 heterocycles. The van der Waals surface area contributed by atoms with E-state index in [0.717, 1.165) is 0 Å². The second-order valence-electron chi connectivity index (χ2n) is 6.30. The standard InChI is InChI=1S/C21H19F2N3O2/c1-3-11-26-13(2)18(20(27)24-17-9-7-15(22)8-10-17)19(25-21(26)28)14-5-4-6-16(23)12-14/h3-10,12,19H,1,11H2,2H3,(H,24,27)(H,25,28). The molecule has 0 radical (unpaired) electrons. The third kappa shape index (κ3) is 3.93. The SMILES string of the molecule is C=CCN1C(=O)NC(c2cccc(F)c2)C(C(=O)Nc2ccc(F)cc2)=C1C. The number of amides is 3. The number of hydrogen-bond donors (Lipinski definition) is 2. The highest BCUT2D eigenvalue weighted by Gasteiger charge is 2.35. The van der Waals surface area contributed by atoms with Crippen LogP contribution in [-0.4, -0.2) is 23.4 Å². The Labute approximate surface area is 161 Å². The van der Waals surface area contributed by atoms with E-state index in [4.69, 9.17) is 0 Å². The van der Waals surface area contributed by atoms with Gasteiger partial charge in [-0.05, 0) is 48.9 Å². The van der Waals surface area contributed by atoms with Gasteiger partial charge in [0.1, 0.15) is 11.6 Å². The lowest BCUT2D eigenvalue weighted by Gasteiger charge is -2.35. The van der Waals surface area contributed by atoms with Crippen LogP contribution in [0.4, 0.5) is 19.3 Å². The van der Waals surface area contributed by atoms with E-state index in [1.165, 1.54) is 47.4 Å². The lowest BCUT2D eigenvalue weighted by Crippen LogP contribution is -2.48. The minimum absolute atomic E-state index is 0.209. The third-order valence-electron chi connectivity index (χ3n) is 4.44. The van der Waals surface area contributed by atoms with E-state index >= 15 is 0 Å². The van der Waals surface area contributed by atoms with Gasteiger partial charge in [-0.1, -0.05) is 18.2 Å². The Kier molecular flexibility index (Phi) is 5.54. The third-order valence-corrected chi connectivity index (χ3v) is 4.44. The predicted octanol–water partition coefficient (Wildman–Crippen LogP) is 4.13. The maximum Gasteiger partial charge on any atom is 0.322 e. The molecule has 1 aliphatic rings. The first kappa shape index (κ1) is 19.3. The number of hydrogen-bond acceptors (Lipinski definition) is 2. The van der Waals surface area contributed by atoms with E-state index in [1.807, 2.05) is 0 Å². The van der Waals surface area contributed by atoms with E-state index in [-0.39, 0.29) is 12.1 Å². The molecule has 0 fully saturated rings. The lowest BCUT2D eigenvalue weighted by atomic mass is 9.94. The molecule has 1 atom stereocenters. The van der Waals surface area contributed by atoms with Crippen molar-refractivity contribution in [3.63, 3.8) is 0 Å². The summed E-state index contributed by atoms with van der Waals surface area (Å²) < 4.78 is 26.9. The Morgan fingerprint density at radius 3 is 2.57 bits per heavy atom. The van der Waals surface area contributed by atoms with Gasteiger partial charge in [0.15, 0.2) is 0 Å². The average molecular weight is 383 g/mol. The van der Waals surface area contributed by atoms with Crippen LogP contribution in [0.3, 0.4) is 0 Å². The zero-order valence-corrected chi connectivity index (χ0v) is 15.2. The quantitative estimate of drug-likeness (QED) is 0.763. The molecule has 0 saturated carbocycles. The Morgan fingerprint density at radius 1 is 1.21 bits per heavy atom. The van der Waals surface area contributed by atoms with Crippen LogP contribution in [-0.2, 0) is 4.79 Å². The van der Waals surface area contributed by atoms with Crippen LogP contribution < -0.4 is 10.6 Å². The number of carbonyl (C=O) groups is 2. The van der Waals surface area contributed by atoms with Crippen LogP contribution in [0.25, 0.3) is 0 Å². The van der Waals surface area contributed by atoms with E-state index in [1.54, 1.807) is 19.1 Å². The van der Waals surface area contributed by atoms with Crippen molar-refractivity contribution in [3.8, 4) is 0 Å². The van der Waals surface area contributed by atoms with Crippen LogP contribution >= 0.6 is 0 Å². The topological polar surface area (TPSA) is 61.4 Å². The molecular weight excluding hydrogens is 364 g/mol. The normalized spacial score (nSPS) is 16.6. The summed E-state index contributed by atoms with van der Waals surface area (Å²) >= 11 is 0. The van der Waals surface area contributed by atoms with Crippen LogP contribution in [0.15, 0.2) is 72.5 Å². The lowest BCUT2D eigenvalue weighted by molar-refractivity contribution is -0.113. The number of halogens is 2. The number of benzene rings is 2. The molecule has 5 nitrogen and oxygen atoms in total. The summed E-state index contributed by atoms with van der Waals surface area (Å²) in [4.78, 5) is 26.9. The van der Waals surface area contributed by atoms with Crippen molar-refractivity contribution >= 4 is 17.6 Å². The summed E-state index contributed by atoms with van der Waals surface area (Å²) in [7, 11) is 0. The van der Waals surface area contributed by atoms with Crippen molar-refractivity contribution in [2.45, 2.75) is 13.0 Å². The van der Waals surface area contributed by atoms with E-state index < -0.39 is 29.6 Å². The fourth-order valence-electron chi connectivity index (χ4n) is 3.09. The van der Waals surface area contributed by atoms with Gasteiger partial charge in [0.2, 0.25) is 0 Å². The first-order valence-electron chi connectivity index (χ1n) is 8.62. The van der Waals surface area contributed by atoms with Gasteiger partial charge >= 0.3 is 6.03 Å². The molecule has 7 heteroatoms. The molecular formula is C21H19F2N3O2. The monoisotopic (exact) mass is 383 g/mol. The Balaban J connectivity index is 2.03. The van der Waals surface area contributed by atoms with Crippen molar-refractivity contribution in [2.75, 3.05) is 11.9 Å². The van der Waals surface area contributed by atoms with Crippen molar-refractivity contribution in [3.05, 3.63) is 89.7 Å². The smallest absolute Gasteiger partial charge is 0.322 e. The van der Waals surface area contributed by atoms with Gasteiger partial charge in [0.05, 0.1) is 11.6 Å². The van der Waals surface area contributed by atoms with Gasteiger partial charge in [0, 0.05) is 17.9 Å². The van der Waals surface area contributed by atoms with Gasteiger partial charge in [-0.15, -0.1) is 6.58 Å². The zero-order chi connectivity index (χ0) is 20.3. The minimum atomic E-state index is -0.829. The van der Waals surface area contributed by atoms with Crippen LogP contribution in [0.2, 0.25) is 0 Å². The summed E-state index contributed by atoms with van der Waals surface area (Å²) in [6.45, 7) is 5.48. The molecule has 2 N–H and O–H groups in total. The second kappa shape index (κ2) is 8.04. The molecule has 0 saturated heterocycles. The largest absolute Gasteiger partial charge is 0.326 e. The van der Waals surface area contributed by atoms with Gasteiger partial charge in [-0.2, -0.15) is 0 Å². The fourth-order valence-corrected chi connectivity index (χ4v) is 3.09. The molecule has 0 aromatic heterocycles. The highest BCUT2D eigenvalue weighted by Crippen LogP contribution is 2.31. The zero-order valence-electron chi connectivity index (χ0n) is 15.2. The van der Waals surface area contributed by atoms with Crippen LogP contribution in [0, 0.1) is 11.6 Å². The molecule has 0 bridgehead atoms. The first-order valence-corrected chi connectivity index (χ1v) is 8.62. The van der Waals surface area contributed by atoms with Crippen molar-refractivity contribution in [1.82, 2.24) is 10.2 Å². The van der Waals surface area contributed by atoms with Crippen molar-refractivity contribution < 1.29 is 18.4 Å². The molecule has 2 aromatic carbocycles. The molecule has 3 rings (SSSR count). The average Bonchev–Trinajstić information content (AvgIpc) is 2.66. The summed E-state index contributed by atoms with van der Waals surface area (Å²) in [5.41, 5.74) is 1.53. The summed E-state index contributed by atoms with van der Waals surface area (Å²) in [5.74, 6) is -1.38. The van der Waals surface area contributed by atoms with E-state index in [9.17, 15) is 18.4 Å². The Morgan fingerprint density at radius 2 is 1.93 bits per heavy atom. The van der Waals surface area contributed by atoms with Crippen LogP contribution in [0.5, 0.6) is 0 Å². The highest BCUT2D eigenvalue weighted by molar-refractivity contribution is 6.06. The number of carbonyl (C=O) groups excluding carboxylic acids is 2. The Hall–Kier alpha value is -3.48. The Bertz CT molecular complexity index is 954. The molecule has 1 aliphatic heterocycles. The molecule has 2 aromatic rings. The number of rotatable bonds is 5. The second-order valence-corrected chi connectivity index (χ2v) is 6.30. The molecule has 28 heavy (non-hydrogen) atoms. The van der Waals surface area contributed by atoms with Gasteiger partial charge in [-0.3, -0.25) is 9.69 Å². The highest BCUT2D eigenvalue weighted by atomic mass is 19.1. The number of anilines is 1. The molecule has 144 valence electrons. The number of urea groups is 1. The number of allylic oxidation sites excluding steroid dienone is 1. The fraction of sp³-hybridized carbons (Fsp3) is 0.143. The molecule has 0 spiro atoms. The number of nitrogens with zero attached hydrogens (tertiary/aromatic N) is 1. The first-order chi connectivity index (χ1) is 13.4. The molecule has 0 aliphatic carbocycles.